The maximum atomic E-state index is 13.8. The van der Waals surface area contributed by atoms with Crippen LogP contribution in [-0.4, -0.2) is 63.7 Å². The first-order chi connectivity index (χ1) is 21.4. The molecular weight excluding hydrogens is 576 g/mol. The zero-order valence-electron chi connectivity index (χ0n) is 27.0. The fraction of sp³-hybridized carbons (Fsp3) is 0.529. The Labute approximate surface area is 263 Å². The van der Waals surface area contributed by atoms with Gasteiger partial charge in [-0.2, -0.15) is 5.10 Å². The second kappa shape index (κ2) is 14.7. The van der Waals surface area contributed by atoms with Crippen LogP contribution in [0.5, 0.6) is 5.75 Å². The molecule has 1 fully saturated rings. The molecule has 0 unspecified atom stereocenters. The summed E-state index contributed by atoms with van der Waals surface area (Å²) < 4.78 is 12.4. The average molecular weight is 621 g/mol. The fourth-order valence-electron chi connectivity index (χ4n) is 6.17. The number of esters is 1. The number of rotatable bonds is 14. The molecule has 1 aromatic carbocycles. The van der Waals surface area contributed by atoms with Crippen molar-refractivity contribution in [1.82, 2.24) is 20.1 Å². The van der Waals surface area contributed by atoms with E-state index in [9.17, 15) is 24.0 Å². The third-order valence-corrected chi connectivity index (χ3v) is 8.67. The number of carbonyl (C=O) groups is 5. The lowest BCUT2D eigenvalue weighted by Crippen LogP contribution is -2.47. The van der Waals surface area contributed by atoms with E-state index in [0.29, 0.717) is 47.7 Å². The molecule has 45 heavy (non-hydrogen) atoms. The number of nitrogens with one attached hydrogen (secondary N) is 2. The number of benzene rings is 1. The number of carbonyl (C=O) groups excluding carboxylic acids is 5. The van der Waals surface area contributed by atoms with E-state index in [1.807, 2.05) is 32.0 Å². The molecule has 11 heteroatoms. The number of nitrogens with zero attached hydrogens (tertiary/aromatic N) is 2. The van der Waals surface area contributed by atoms with Crippen LogP contribution in [0.3, 0.4) is 0 Å². The van der Waals surface area contributed by atoms with Gasteiger partial charge in [0, 0.05) is 48.3 Å². The van der Waals surface area contributed by atoms with E-state index in [1.165, 1.54) is 0 Å². The lowest BCUT2D eigenvalue weighted by Gasteiger charge is -2.27. The Hall–Kier alpha value is -4.28. The predicted octanol–water partition coefficient (Wildman–Crippen LogP) is 4.82. The molecular formula is C34H44N4O7. The van der Waals surface area contributed by atoms with E-state index in [0.717, 1.165) is 23.7 Å². The molecule has 11 nitrogen and oxygen atoms in total. The number of ether oxygens (including phenoxy) is 2. The van der Waals surface area contributed by atoms with Crippen LogP contribution in [0, 0.1) is 31.6 Å². The number of fused-ring (bicyclic) bond motifs is 1. The van der Waals surface area contributed by atoms with Crippen molar-refractivity contribution in [3.8, 4) is 5.75 Å². The maximum Gasteiger partial charge on any atom is 0.342 e. The quantitative estimate of drug-likeness (QED) is 0.192. The number of aryl methyl sites for hydroxylation is 2. The highest BCUT2D eigenvalue weighted by molar-refractivity contribution is 6.03. The van der Waals surface area contributed by atoms with Gasteiger partial charge in [0.05, 0.1) is 24.5 Å². The first-order valence-corrected chi connectivity index (χ1v) is 15.6. The summed E-state index contributed by atoms with van der Waals surface area (Å²) in [4.78, 5) is 69.4. The SMILES string of the molecule is COc1cccc2[nH]c(C(=O)C[C@@H](CC(C)C)C(=O)N[C@@H](C[C@@H]3CCCCC3=O)C(=O)COC(=O)c3c(C)nn(C)c3C)cc12. The molecule has 0 saturated heterocycles. The molecule has 2 N–H and O–H groups in total. The summed E-state index contributed by atoms with van der Waals surface area (Å²) >= 11 is 0. The summed E-state index contributed by atoms with van der Waals surface area (Å²) in [6.07, 6.45) is 3.20. The van der Waals surface area contributed by atoms with Gasteiger partial charge in [0.2, 0.25) is 5.91 Å². The van der Waals surface area contributed by atoms with Gasteiger partial charge in [0.25, 0.3) is 0 Å². The summed E-state index contributed by atoms with van der Waals surface area (Å²) in [6, 6.07) is 6.16. The highest BCUT2D eigenvalue weighted by atomic mass is 16.5. The van der Waals surface area contributed by atoms with Crippen LogP contribution >= 0.6 is 0 Å². The zero-order chi connectivity index (χ0) is 32.8. The van der Waals surface area contributed by atoms with E-state index in [-0.39, 0.29) is 36.2 Å². The second-order valence-corrected chi connectivity index (χ2v) is 12.5. The van der Waals surface area contributed by atoms with Gasteiger partial charge in [-0.3, -0.25) is 23.9 Å². The summed E-state index contributed by atoms with van der Waals surface area (Å²) in [5, 5.41) is 7.85. The molecule has 1 saturated carbocycles. The number of H-pyrrole nitrogens is 1. The Bertz CT molecular complexity index is 1580. The van der Waals surface area contributed by atoms with Crippen molar-refractivity contribution in [2.24, 2.45) is 24.8 Å². The molecule has 0 radical (unpaired) electrons. The van der Waals surface area contributed by atoms with E-state index < -0.39 is 36.2 Å². The van der Waals surface area contributed by atoms with Crippen LogP contribution < -0.4 is 10.1 Å². The second-order valence-electron chi connectivity index (χ2n) is 12.5. The first-order valence-electron chi connectivity index (χ1n) is 15.6. The van der Waals surface area contributed by atoms with Crippen LogP contribution in [0.2, 0.25) is 0 Å². The summed E-state index contributed by atoms with van der Waals surface area (Å²) in [5.41, 5.74) is 2.50. The average Bonchev–Trinajstić information content (AvgIpc) is 3.55. The number of hydrogen-bond acceptors (Lipinski definition) is 8. The van der Waals surface area contributed by atoms with E-state index in [2.05, 4.69) is 15.4 Å². The number of hydrogen-bond donors (Lipinski definition) is 2. The Balaban J connectivity index is 1.51. The van der Waals surface area contributed by atoms with Crippen molar-refractivity contribution in [3.63, 3.8) is 0 Å². The number of methoxy groups -OCH3 is 1. The van der Waals surface area contributed by atoms with Crippen molar-refractivity contribution in [2.75, 3.05) is 13.7 Å². The van der Waals surface area contributed by atoms with Gasteiger partial charge >= 0.3 is 5.97 Å². The summed E-state index contributed by atoms with van der Waals surface area (Å²) in [7, 11) is 3.27. The van der Waals surface area contributed by atoms with Gasteiger partial charge in [-0.25, -0.2) is 4.79 Å². The van der Waals surface area contributed by atoms with Gasteiger partial charge < -0.3 is 19.8 Å². The molecule has 0 spiro atoms. The molecule has 0 aliphatic heterocycles. The molecule has 3 aromatic rings. The number of Topliss-reactive ketones (excluding diaryl/α,β-unsaturated/α-hetero) is 3. The summed E-state index contributed by atoms with van der Waals surface area (Å²) in [5.74, 6) is -2.17. The molecule has 2 aromatic heterocycles. The number of ketones is 3. The monoisotopic (exact) mass is 620 g/mol. The van der Waals surface area contributed by atoms with Gasteiger partial charge in [-0.05, 0) is 63.6 Å². The Morgan fingerprint density at radius 2 is 1.91 bits per heavy atom. The van der Waals surface area contributed by atoms with E-state index in [4.69, 9.17) is 9.47 Å². The van der Waals surface area contributed by atoms with Crippen LogP contribution in [0.15, 0.2) is 24.3 Å². The maximum absolute atomic E-state index is 13.8. The Morgan fingerprint density at radius 1 is 1.16 bits per heavy atom. The van der Waals surface area contributed by atoms with Crippen molar-refractivity contribution in [1.29, 1.82) is 0 Å². The van der Waals surface area contributed by atoms with Crippen LogP contribution in [0.25, 0.3) is 10.9 Å². The van der Waals surface area contributed by atoms with Crippen molar-refractivity contribution in [3.05, 3.63) is 46.9 Å². The van der Waals surface area contributed by atoms with E-state index >= 15 is 0 Å². The number of aromatic amines is 1. The van der Waals surface area contributed by atoms with Gasteiger partial charge in [0.15, 0.2) is 18.2 Å². The normalized spacial score (nSPS) is 16.4. The molecule has 1 amide bonds. The largest absolute Gasteiger partial charge is 0.496 e. The smallest absolute Gasteiger partial charge is 0.342 e. The molecule has 242 valence electrons. The third-order valence-electron chi connectivity index (χ3n) is 8.67. The standard InChI is InChI=1S/C34H44N4O7/c1-19(2)14-23(16-29(40)27-17-24-25(35-27)11-9-13-31(24)44-6)33(42)36-26(15-22-10-7-8-12-28(22)39)30(41)18-45-34(43)32-20(3)37-38(5)21(32)4/h9,11,13,17,19,22-23,26,35H,7-8,10,12,14-16,18H2,1-6H3,(H,36,42)/t22-,23+,26-/m0/s1. The minimum absolute atomic E-state index is 0.0649. The van der Waals surface area contributed by atoms with Gasteiger partial charge in [0.1, 0.15) is 17.1 Å². The predicted molar refractivity (Wildman–Crippen MR) is 168 cm³/mol. The third kappa shape index (κ3) is 8.06. The first kappa shape index (κ1) is 33.6. The molecule has 0 bridgehead atoms. The number of aromatic nitrogens is 3. The highest BCUT2D eigenvalue weighted by Crippen LogP contribution is 2.29. The van der Waals surface area contributed by atoms with Gasteiger partial charge in [-0.1, -0.05) is 26.3 Å². The summed E-state index contributed by atoms with van der Waals surface area (Å²) in [6.45, 7) is 6.78. The minimum Gasteiger partial charge on any atom is -0.496 e. The highest BCUT2D eigenvalue weighted by Gasteiger charge is 2.33. The Morgan fingerprint density at radius 3 is 2.56 bits per heavy atom. The van der Waals surface area contributed by atoms with Crippen LogP contribution in [-0.2, 0) is 26.2 Å². The van der Waals surface area contributed by atoms with Crippen molar-refractivity contribution < 1.29 is 33.4 Å². The molecule has 2 heterocycles. The molecule has 1 aliphatic rings. The fourth-order valence-corrected chi connectivity index (χ4v) is 6.17. The van der Waals surface area contributed by atoms with Crippen LogP contribution in [0.1, 0.15) is 91.0 Å². The minimum atomic E-state index is -1.05. The lowest BCUT2D eigenvalue weighted by molar-refractivity contribution is -0.133. The van der Waals surface area contributed by atoms with Crippen molar-refractivity contribution in [2.45, 2.75) is 78.7 Å². The van der Waals surface area contributed by atoms with Crippen LogP contribution in [0.4, 0.5) is 0 Å². The zero-order valence-corrected chi connectivity index (χ0v) is 27.0. The van der Waals surface area contributed by atoms with E-state index in [1.54, 1.807) is 38.8 Å². The van der Waals surface area contributed by atoms with Crippen molar-refractivity contribution >= 4 is 40.1 Å². The topological polar surface area (TPSA) is 149 Å². The Kier molecular flexibility index (Phi) is 11.0. The molecule has 1 aliphatic carbocycles. The number of amides is 1. The lowest BCUT2D eigenvalue weighted by atomic mass is 9.82. The molecule has 3 atom stereocenters. The molecule has 4 rings (SSSR count). The van der Waals surface area contributed by atoms with Gasteiger partial charge in [-0.15, -0.1) is 0 Å².